The van der Waals surface area contributed by atoms with Crippen LogP contribution < -0.4 is 14.8 Å². The summed E-state index contributed by atoms with van der Waals surface area (Å²) < 4.78 is 38.2. The van der Waals surface area contributed by atoms with Gasteiger partial charge in [-0.15, -0.1) is 0 Å². The van der Waals surface area contributed by atoms with Gasteiger partial charge in [0.15, 0.2) is 9.92 Å². The first-order valence-corrected chi connectivity index (χ1v) is 19.1. The van der Waals surface area contributed by atoms with E-state index in [1.807, 2.05) is 91.0 Å². The lowest BCUT2D eigenvalue weighted by molar-refractivity contribution is 0.0971. The number of nitrogens with one attached hydrogen (secondary N) is 2. The number of hydrogen-bond donors (Lipinski definition) is 2. The molecule has 0 spiro atoms. The van der Waals surface area contributed by atoms with Gasteiger partial charge < -0.3 is 14.8 Å². The quantitative estimate of drug-likeness (QED) is 0.164. The molecule has 2 amide bonds. The van der Waals surface area contributed by atoms with E-state index in [0.717, 1.165) is 59.2 Å². The van der Waals surface area contributed by atoms with Gasteiger partial charge >= 0.3 is 6.03 Å². The molecule has 1 aliphatic heterocycles. The van der Waals surface area contributed by atoms with Gasteiger partial charge in [0.05, 0.1) is 25.5 Å². The maximum atomic E-state index is 16.1. The highest BCUT2D eigenvalue weighted by Crippen LogP contribution is 2.44. The van der Waals surface area contributed by atoms with E-state index in [4.69, 9.17) is 13.8 Å². The molecule has 51 heavy (non-hydrogen) atoms. The molecule has 1 aromatic heterocycles. The monoisotopic (exact) mass is 701 g/mol. The molecule has 0 bridgehead atoms. The topological polar surface area (TPSA) is 107 Å². The molecule has 262 valence electrons. The number of methoxy groups -OCH3 is 1. The number of nitrogens with zero attached hydrogens (tertiary/aromatic N) is 3. The number of aromatic nitrogens is 2. The van der Waals surface area contributed by atoms with Crippen LogP contribution in [0.25, 0.3) is 0 Å². The minimum Gasteiger partial charge on any atom is -0.476 e. The third kappa shape index (κ3) is 6.00. The minimum atomic E-state index is -3.84. The Kier molecular flexibility index (Phi) is 8.47. The highest BCUT2D eigenvalue weighted by Gasteiger charge is 2.41. The van der Waals surface area contributed by atoms with Crippen molar-refractivity contribution in [2.45, 2.75) is 69.0 Å². The molecule has 2 aliphatic carbocycles. The molecule has 0 saturated carbocycles. The van der Waals surface area contributed by atoms with Gasteiger partial charge in [-0.1, -0.05) is 111 Å². The van der Waals surface area contributed by atoms with E-state index < -0.39 is 21.5 Å². The van der Waals surface area contributed by atoms with Crippen molar-refractivity contribution >= 4 is 21.6 Å². The van der Waals surface area contributed by atoms with Crippen LogP contribution in [0.5, 0.6) is 5.88 Å². The van der Waals surface area contributed by atoms with Crippen LogP contribution in [0.1, 0.15) is 59.2 Å². The lowest BCUT2D eigenvalue weighted by Crippen LogP contribution is -2.39. The second kappa shape index (κ2) is 13.0. The van der Waals surface area contributed by atoms with Gasteiger partial charge in [0.25, 0.3) is 0 Å². The average Bonchev–Trinajstić information content (AvgIpc) is 3.90. The Morgan fingerprint density at radius 2 is 1.55 bits per heavy atom. The third-order valence-electron chi connectivity index (χ3n) is 10.4. The number of fused-ring (bicyclic) bond motifs is 3. The zero-order valence-corrected chi connectivity index (χ0v) is 30.0. The number of carbonyl (C=O) groups excluding carboxylic acids is 1. The molecule has 2 N–H and O–H groups in total. The Hall–Kier alpha value is -4.93. The first-order valence-electron chi connectivity index (χ1n) is 17.6. The molecule has 0 saturated heterocycles. The summed E-state index contributed by atoms with van der Waals surface area (Å²) >= 11 is 0. The van der Waals surface area contributed by atoms with Crippen molar-refractivity contribution in [1.29, 1.82) is 0 Å². The van der Waals surface area contributed by atoms with Crippen molar-refractivity contribution < 1.29 is 18.5 Å². The van der Waals surface area contributed by atoms with Crippen LogP contribution in [0, 0.1) is 5.41 Å². The SMILES string of the molecule is CO[C@@H]1Cc2cc3c(c(NC(=O)N[S@@](=O)(=NC(c4ccccc4)(c4ccccc4)c4ccccc4)c4cnn5c4OCC(C)(C)C5)c2C1)CCC3. The average molecular weight is 702 g/mol. The van der Waals surface area contributed by atoms with Gasteiger partial charge in [-0.05, 0) is 64.6 Å². The highest BCUT2D eigenvalue weighted by molar-refractivity contribution is 7.92. The van der Waals surface area contributed by atoms with Crippen molar-refractivity contribution in [2.75, 3.05) is 19.0 Å². The second-order valence-electron chi connectivity index (χ2n) is 14.6. The summed E-state index contributed by atoms with van der Waals surface area (Å²) in [5.41, 5.74) is 6.39. The van der Waals surface area contributed by atoms with Gasteiger partial charge in [0.1, 0.15) is 10.4 Å². The number of ether oxygens (including phenoxy) is 2. The molecule has 3 aliphatic rings. The maximum absolute atomic E-state index is 16.1. The summed E-state index contributed by atoms with van der Waals surface area (Å²) in [5, 5.41) is 7.83. The Balaban J connectivity index is 1.33. The van der Waals surface area contributed by atoms with Crippen LogP contribution in [-0.4, -0.2) is 39.8 Å². The molecule has 0 unspecified atom stereocenters. The fourth-order valence-electron chi connectivity index (χ4n) is 7.93. The molecule has 4 aromatic carbocycles. The van der Waals surface area contributed by atoms with E-state index >= 15 is 4.21 Å². The fraction of sp³-hybridized carbons (Fsp3) is 0.317. The summed E-state index contributed by atoms with van der Waals surface area (Å²) in [6.45, 7) is 5.16. The zero-order valence-electron chi connectivity index (χ0n) is 29.2. The first-order chi connectivity index (χ1) is 24.7. The van der Waals surface area contributed by atoms with Gasteiger partial charge in [-0.3, -0.25) is 0 Å². The van der Waals surface area contributed by atoms with E-state index in [1.165, 1.54) is 17.3 Å². The lowest BCUT2D eigenvalue weighted by Gasteiger charge is -2.34. The van der Waals surface area contributed by atoms with Crippen LogP contribution >= 0.6 is 0 Å². The molecule has 9 nitrogen and oxygen atoms in total. The number of carbonyl (C=O) groups is 1. The molecule has 2 atom stereocenters. The third-order valence-corrected chi connectivity index (χ3v) is 12.2. The molecule has 10 heteroatoms. The van der Waals surface area contributed by atoms with Crippen LogP contribution in [0.4, 0.5) is 10.5 Å². The summed E-state index contributed by atoms with van der Waals surface area (Å²) in [6.07, 6.45) is 5.95. The molecule has 0 fully saturated rings. The molecule has 8 rings (SSSR count). The summed E-state index contributed by atoms with van der Waals surface area (Å²) in [4.78, 5) is 14.7. The zero-order chi connectivity index (χ0) is 35.2. The van der Waals surface area contributed by atoms with Gasteiger partial charge in [0.2, 0.25) is 5.88 Å². The summed E-state index contributed by atoms with van der Waals surface area (Å²) in [6, 6.07) is 31.1. The Morgan fingerprint density at radius 1 is 0.922 bits per heavy atom. The number of aryl methyl sites for hydroxylation is 1. The van der Waals surface area contributed by atoms with Gasteiger partial charge in [-0.2, -0.15) is 9.46 Å². The largest absolute Gasteiger partial charge is 0.476 e. The fourth-order valence-corrected chi connectivity index (χ4v) is 9.78. The first kappa shape index (κ1) is 33.2. The predicted molar refractivity (Wildman–Crippen MR) is 198 cm³/mol. The van der Waals surface area contributed by atoms with Crippen LogP contribution in [0.15, 0.2) is 113 Å². The number of benzene rings is 4. The minimum absolute atomic E-state index is 0.0499. The van der Waals surface area contributed by atoms with Crippen LogP contribution in [0.3, 0.4) is 0 Å². The van der Waals surface area contributed by atoms with E-state index in [2.05, 4.69) is 35.1 Å². The van der Waals surface area contributed by atoms with Crippen molar-refractivity contribution in [1.82, 2.24) is 14.5 Å². The maximum Gasteiger partial charge on any atom is 0.331 e. The Morgan fingerprint density at radius 3 is 2.16 bits per heavy atom. The van der Waals surface area contributed by atoms with Gasteiger partial charge in [-0.25, -0.2) is 18.4 Å². The molecule has 2 heterocycles. The van der Waals surface area contributed by atoms with Gasteiger partial charge in [0, 0.05) is 24.6 Å². The standard InChI is InChI=1S/C41H43N5O4S/c1-40(2)26-46-38(50-27-40)36(25-42-46)51(48,44-39(47)43-37-34-21-13-14-28(34)22-29-23-33(49-3)24-35(29)37)45-41(30-15-7-4-8-16-30,31-17-9-5-10-18-31)32-19-11-6-12-20-32/h4-12,15-20,22,25,33H,13-14,21,23-24,26-27H2,1-3H3,(H2,43,44,45,47,48)/t33-,51-/m1/s1. The van der Waals surface area contributed by atoms with Crippen molar-refractivity contribution in [3.05, 3.63) is 142 Å². The van der Waals surface area contributed by atoms with Crippen LogP contribution in [-0.2, 0) is 52.4 Å². The highest BCUT2D eigenvalue weighted by atomic mass is 32.2. The second-order valence-corrected chi connectivity index (χ2v) is 16.4. The molecular formula is C41H43N5O4S. The van der Waals surface area contributed by atoms with E-state index in [9.17, 15) is 4.79 Å². The van der Waals surface area contributed by atoms with Crippen molar-refractivity contribution in [3.8, 4) is 5.88 Å². The Bertz CT molecular complexity index is 2110. The number of anilines is 1. The number of rotatable bonds is 8. The van der Waals surface area contributed by atoms with Crippen LogP contribution in [0.2, 0.25) is 0 Å². The van der Waals surface area contributed by atoms with E-state index in [1.54, 1.807) is 11.8 Å². The predicted octanol–water partition coefficient (Wildman–Crippen LogP) is 7.46. The number of hydrogen-bond acceptors (Lipinski definition) is 6. The van der Waals surface area contributed by atoms with E-state index in [-0.39, 0.29) is 16.4 Å². The summed E-state index contributed by atoms with van der Waals surface area (Å²) in [5.74, 6) is 0.343. The number of amides is 2. The summed E-state index contributed by atoms with van der Waals surface area (Å²) in [7, 11) is -2.11. The lowest BCUT2D eigenvalue weighted by atomic mass is 9.78. The molecule has 5 aromatic rings. The smallest absolute Gasteiger partial charge is 0.331 e. The molecule has 0 radical (unpaired) electrons. The van der Waals surface area contributed by atoms with Crippen molar-refractivity contribution in [3.63, 3.8) is 0 Å². The normalized spacial score (nSPS) is 18.5. The Labute approximate surface area is 299 Å². The van der Waals surface area contributed by atoms with E-state index in [0.29, 0.717) is 25.5 Å². The number of urea groups is 1. The molecular weight excluding hydrogens is 659 g/mol. The van der Waals surface area contributed by atoms with Crippen molar-refractivity contribution in [2.24, 2.45) is 9.78 Å².